The normalized spacial score (nSPS) is 12.5. The van der Waals surface area contributed by atoms with E-state index >= 15 is 0 Å². The Bertz CT molecular complexity index is 3970. The first-order chi connectivity index (χ1) is 34.4. The van der Waals surface area contributed by atoms with Gasteiger partial charge >= 0.3 is 0 Å². The molecule has 0 unspecified atom stereocenters. The molecule has 0 spiro atoms. The lowest BCUT2D eigenvalue weighted by Crippen LogP contribution is -2.14. The maximum Gasteiger partial charge on any atom is 0.164 e. The molecule has 0 amide bonds. The second-order valence-electron chi connectivity index (χ2n) is 18.5. The molecule has 0 radical (unpaired) electrons. The zero-order chi connectivity index (χ0) is 46.8. The van der Waals surface area contributed by atoms with Crippen molar-refractivity contribution in [2.24, 2.45) is 0 Å². The number of benzene rings is 9. The van der Waals surface area contributed by atoms with Crippen molar-refractivity contribution in [3.8, 4) is 101 Å². The van der Waals surface area contributed by atoms with Crippen LogP contribution in [0.1, 0.15) is 25.0 Å². The number of nitrogens with zero attached hydrogens (tertiary/aromatic N) is 5. The van der Waals surface area contributed by atoms with Gasteiger partial charge in [-0.25, -0.2) is 24.9 Å². The van der Waals surface area contributed by atoms with Gasteiger partial charge < -0.3 is 4.42 Å². The van der Waals surface area contributed by atoms with Crippen LogP contribution in [0.5, 0.6) is 0 Å². The van der Waals surface area contributed by atoms with Crippen LogP contribution in [0.2, 0.25) is 0 Å². The standard InChI is InChI=1S/C64H43N5O/c1-64(2)54-28-11-9-24-50(54)53-38-48(34-35-55(53)64)63-68-61(43-18-7-4-8-19-43)67-62(69-63)47-23-14-21-45(37-47)44-20-13-22-46(36-44)57-39-56(65-60(66-57)42-16-5-3-6-17-42)41-32-30-40(31-33-41)49-26-15-27-52-51-25-10-12-29-58(51)70-59(49)52/h3-39H,1-2H3. The summed E-state index contributed by atoms with van der Waals surface area (Å²) in [5.74, 6) is 2.53. The molecular weight excluding hydrogens is 855 g/mol. The van der Waals surface area contributed by atoms with Crippen molar-refractivity contribution >= 4 is 21.9 Å². The number of fused-ring (bicyclic) bond motifs is 6. The molecule has 0 bridgehead atoms. The van der Waals surface area contributed by atoms with Crippen LogP contribution in [0.3, 0.4) is 0 Å². The average molecular weight is 898 g/mol. The first-order valence-electron chi connectivity index (χ1n) is 23.6. The highest BCUT2D eigenvalue weighted by molar-refractivity contribution is 6.09. The molecule has 0 saturated heterocycles. The van der Waals surface area contributed by atoms with Gasteiger partial charge in [-0.05, 0) is 69.3 Å². The zero-order valence-corrected chi connectivity index (χ0v) is 38.5. The van der Waals surface area contributed by atoms with Gasteiger partial charge in [0, 0.05) is 55.1 Å². The van der Waals surface area contributed by atoms with Crippen LogP contribution in [0.15, 0.2) is 229 Å². The summed E-state index contributed by atoms with van der Waals surface area (Å²) in [7, 11) is 0. The predicted octanol–water partition coefficient (Wildman–Crippen LogP) is 16.2. The SMILES string of the molecule is CC1(C)c2ccccc2-c2cc(-c3nc(-c4ccccc4)nc(-c4cccc(-c5cccc(-c6cc(-c7ccc(-c8cccc9c8oc8ccccc89)cc7)nc(-c7ccccc7)n6)c5)c4)n3)ccc21. The Morgan fingerprint density at radius 3 is 1.50 bits per heavy atom. The van der Waals surface area contributed by atoms with E-state index in [2.05, 4.69) is 178 Å². The van der Waals surface area contributed by atoms with Crippen LogP contribution < -0.4 is 0 Å². The van der Waals surface area contributed by atoms with Crippen LogP contribution >= 0.6 is 0 Å². The number of hydrogen-bond donors (Lipinski definition) is 0. The van der Waals surface area contributed by atoms with E-state index in [1.807, 2.05) is 60.7 Å². The van der Waals surface area contributed by atoms with Gasteiger partial charge in [-0.2, -0.15) is 0 Å². The topological polar surface area (TPSA) is 77.6 Å². The maximum absolute atomic E-state index is 6.39. The summed E-state index contributed by atoms with van der Waals surface area (Å²) in [5.41, 5.74) is 18.4. The highest BCUT2D eigenvalue weighted by atomic mass is 16.3. The number of para-hydroxylation sites is 2. The molecule has 1 aliphatic rings. The second-order valence-corrected chi connectivity index (χ2v) is 18.5. The van der Waals surface area contributed by atoms with E-state index in [1.54, 1.807) is 0 Å². The van der Waals surface area contributed by atoms with E-state index in [0.717, 1.165) is 89.0 Å². The molecule has 3 aromatic heterocycles. The third-order valence-corrected chi connectivity index (χ3v) is 13.8. The van der Waals surface area contributed by atoms with Gasteiger partial charge in [-0.3, -0.25) is 0 Å². The summed E-state index contributed by atoms with van der Waals surface area (Å²) in [4.78, 5) is 25.7. The largest absolute Gasteiger partial charge is 0.455 e. The fourth-order valence-electron chi connectivity index (χ4n) is 10.2. The maximum atomic E-state index is 6.39. The summed E-state index contributed by atoms with van der Waals surface area (Å²) < 4.78 is 6.39. The van der Waals surface area contributed by atoms with Crippen LogP contribution in [0, 0.1) is 0 Å². The van der Waals surface area contributed by atoms with Crippen molar-refractivity contribution in [2.45, 2.75) is 19.3 Å². The molecular formula is C64H43N5O. The summed E-state index contributed by atoms with van der Waals surface area (Å²) in [6.45, 7) is 4.60. The number of aromatic nitrogens is 5. The van der Waals surface area contributed by atoms with Crippen molar-refractivity contribution in [3.05, 3.63) is 236 Å². The fraction of sp³-hybridized carbons (Fsp3) is 0.0469. The molecule has 0 atom stereocenters. The first kappa shape index (κ1) is 41.1. The summed E-state index contributed by atoms with van der Waals surface area (Å²) >= 11 is 0. The van der Waals surface area contributed by atoms with Crippen molar-refractivity contribution in [1.82, 2.24) is 24.9 Å². The fourth-order valence-corrected chi connectivity index (χ4v) is 10.2. The molecule has 0 fully saturated rings. The van der Waals surface area contributed by atoms with Gasteiger partial charge in [0.15, 0.2) is 23.3 Å². The third-order valence-electron chi connectivity index (χ3n) is 13.8. The minimum absolute atomic E-state index is 0.0949. The first-order valence-corrected chi connectivity index (χ1v) is 23.6. The Morgan fingerprint density at radius 2 is 0.771 bits per heavy atom. The third kappa shape index (κ3) is 7.17. The second kappa shape index (κ2) is 16.6. The Balaban J connectivity index is 0.869. The zero-order valence-electron chi connectivity index (χ0n) is 38.5. The van der Waals surface area contributed by atoms with E-state index in [4.69, 9.17) is 29.3 Å². The molecule has 0 N–H and O–H groups in total. The summed E-state index contributed by atoms with van der Waals surface area (Å²) in [6.07, 6.45) is 0. The van der Waals surface area contributed by atoms with E-state index in [-0.39, 0.29) is 5.41 Å². The molecule has 1 aliphatic carbocycles. The molecule has 6 nitrogen and oxygen atoms in total. The molecule has 0 saturated carbocycles. The molecule has 12 aromatic rings. The molecule has 3 heterocycles. The molecule has 6 heteroatoms. The van der Waals surface area contributed by atoms with Gasteiger partial charge in [0.25, 0.3) is 0 Å². The van der Waals surface area contributed by atoms with Gasteiger partial charge in [-0.15, -0.1) is 0 Å². The van der Waals surface area contributed by atoms with Crippen molar-refractivity contribution in [1.29, 1.82) is 0 Å². The highest BCUT2D eigenvalue weighted by Gasteiger charge is 2.35. The number of hydrogen-bond acceptors (Lipinski definition) is 6. The summed E-state index contributed by atoms with van der Waals surface area (Å²) in [5, 5.41) is 2.23. The number of furan rings is 1. The van der Waals surface area contributed by atoms with Gasteiger partial charge in [0.05, 0.1) is 11.4 Å². The van der Waals surface area contributed by atoms with Gasteiger partial charge in [0.1, 0.15) is 11.2 Å². The van der Waals surface area contributed by atoms with Gasteiger partial charge in [-0.1, -0.05) is 208 Å². The van der Waals surface area contributed by atoms with E-state index in [9.17, 15) is 0 Å². The van der Waals surface area contributed by atoms with E-state index in [1.165, 1.54) is 22.3 Å². The minimum Gasteiger partial charge on any atom is -0.455 e. The van der Waals surface area contributed by atoms with Gasteiger partial charge in [0.2, 0.25) is 0 Å². The molecule has 70 heavy (non-hydrogen) atoms. The lowest BCUT2D eigenvalue weighted by atomic mass is 9.82. The molecule has 9 aromatic carbocycles. The quantitative estimate of drug-likeness (QED) is 0.151. The van der Waals surface area contributed by atoms with Crippen LogP contribution in [-0.2, 0) is 5.41 Å². The van der Waals surface area contributed by atoms with Crippen LogP contribution in [0.4, 0.5) is 0 Å². The Hall–Kier alpha value is -9.13. The van der Waals surface area contributed by atoms with Crippen LogP contribution in [0.25, 0.3) is 123 Å². The lowest BCUT2D eigenvalue weighted by molar-refractivity contribution is 0.660. The lowest BCUT2D eigenvalue weighted by Gasteiger charge is -2.21. The number of rotatable bonds is 8. The van der Waals surface area contributed by atoms with Crippen molar-refractivity contribution in [2.75, 3.05) is 0 Å². The Kier molecular flexibility index (Phi) is 9.73. The minimum atomic E-state index is -0.0949. The van der Waals surface area contributed by atoms with E-state index < -0.39 is 0 Å². The van der Waals surface area contributed by atoms with Crippen molar-refractivity contribution in [3.63, 3.8) is 0 Å². The highest BCUT2D eigenvalue weighted by Crippen LogP contribution is 2.49. The smallest absolute Gasteiger partial charge is 0.164 e. The molecule has 0 aliphatic heterocycles. The van der Waals surface area contributed by atoms with E-state index in [0.29, 0.717) is 23.3 Å². The Morgan fingerprint density at radius 1 is 0.300 bits per heavy atom. The monoisotopic (exact) mass is 897 g/mol. The molecule has 330 valence electrons. The Labute approximate surface area is 405 Å². The predicted molar refractivity (Wildman–Crippen MR) is 284 cm³/mol. The summed E-state index contributed by atoms with van der Waals surface area (Å²) in [6, 6.07) is 77.9. The van der Waals surface area contributed by atoms with Crippen LogP contribution in [-0.4, -0.2) is 24.9 Å². The van der Waals surface area contributed by atoms with Crippen molar-refractivity contribution < 1.29 is 4.42 Å². The molecule has 13 rings (SSSR count). The average Bonchev–Trinajstić information content (AvgIpc) is 3.93.